The molecule has 0 aliphatic carbocycles. The Hall–Kier alpha value is -4.13. The number of aryl methyl sites for hydroxylation is 1. The van der Waals surface area contributed by atoms with E-state index in [1.54, 1.807) is 12.0 Å². The van der Waals surface area contributed by atoms with E-state index in [4.69, 9.17) is 4.74 Å². The average Bonchev–Trinajstić information content (AvgIpc) is 3.55. The van der Waals surface area contributed by atoms with Crippen molar-refractivity contribution in [1.29, 1.82) is 0 Å². The lowest BCUT2D eigenvalue weighted by Crippen LogP contribution is -2.43. The molecule has 1 saturated heterocycles. The van der Waals surface area contributed by atoms with Crippen LogP contribution in [0.15, 0.2) is 72.8 Å². The van der Waals surface area contributed by atoms with Crippen molar-refractivity contribution in [2.75, 3.05) is 19.0 Å². The smallest absolute Gasteiger partial charge is 0.247 e. The first-order chi connectivity index (χ1) is 17.1. The minimum Gasteiger partial charge on any atom is -0.497 e. The lowest BCUT2D eigenvalue weighted by atomic mass is 10.0. The number of hydrogen-bond donors (Lipinski definition) is 2. The first-order valence-corrected chi connectivity index (χ1v) is 11.9. The first-order valence-electron chi connectivity index (χ1n) is 11.9. The molecule has 1 atom stereocenters. The number of amides is 2. The van der Waals surface area contributed by atoms with E-state index in [9.17, 15) is 9.59 Å². The van der Waals surface area contributed by atoms with Crippen LogP contribution < -0.4 is 10.1 Å². The van der Waals surface area contributed by atoms with Gasteiger partial charge in [-0.1, -0.05) is 42.5 Å². The highest BCUT2D eigenvalue weighted by Crippen LogP contribution is 2.31. The van der Waals surface area contributed by atoms with E-state index in [0.717, 1.165) is 40.2 Å². The maximum atomic E-state index is 13.3. The highest BCUT2D eigenvalue weighted by Gasteiger charge is 2.34. The SMILES string of the molecule is COc1cccc(-c2ccccc2NC(=O)[C@@H]2CCCN2C(=O)CCc2nc3ccccc3[nH]2)c1. The number of likely N-dealkylation sites (tertiary alicyclic amines) is 1. The molecule has 0 bridgehead atoms. The molecule has 1 aliphatic heterocycles. The molecular weight excluding hydrogens is 440 g/mol. The topological polar surface area (TPSA) is 87.3 Å². The summed E-state index contributed by atoms with van der Waals surface area (Å²) in [4.78, 5) is 35.9. The number of imidazole rings is 1. The molecule has 7 nitrogen and oxygen atoms in total. The second-order valence-corrected chi connectivity index (χ2v) is 8.71. The van der Waals surface area contributed by atoms with Crippen molar-refractivity contribution in [3.05, 3.63) is 78.6 Å². The van der Waals surface area contributed by atoms with Gasteiger partial charge in [-0.25, -0.2) is 4.98 Å². The van der Waals surface area contributed by atoms with Crippen molar-refractivity contribution in [3.8, 4) is 16.9 Å². The molecule has 1 aliphatic rings. The Balaban J connectivity index is 1.27. The third kappa shape index (κ3) is 4.89. The van der Waals surface area contributed by atoms with Crippen LogP contribution in [0.25, 0.3) is 22.2 Å². The molecule has 35 heavy (non-hydrogen) atoms. The zero-order chi connectivity index (χ0) is 24.2. The molecule has 4 aromatic rings. The van der Waals surface area contributed by atoms with E-state index in [2.05, 4.69) is 15.3 Å². The van der Waals surface area contributed by atoms with Crippen LogP contribution in [0.3, 0.4) is 0 Å². The van der Waals surface area contributed by atoms with Crippen LogP contribution in [0.2, 0.25) is 0 Å². The van der Waals surface area contributed by atoms with Gasteiger partial charge in [0.2, 0.25) is 11.8 Å². The number of nitrogens with zero attached hydrogens (tertiary/aromatic N) is 2. The second-order valence-electron chi connectivity index (χ2n) is 8.71. The fourth-order valence-electron chi connectivity index (χ4n) is 4.68. The van der Waals surface area contributed by atoms with Gasteiger partial charge in [-0.15, -0.1) is 0 Å². The van der Waals surface area contributed by atoms with Gasteiger partial charge < -0.3 is 19.9 Å². The molecule has 1 fully saturated rings. The number of hydrogen-bond acceptors (Lipinski definition) is 4. The number of H-pyrrole nitrogens is 1. The van der Waals surface area contributed by atoms with E-state index in [0.29, 0.717) is 31.5 Å². The number of benzene rings is 3. The summed E-state index contributed by atoms with van der Waals surface area (Å²) in [5.41, 5.74) is 4.42. The average molecular weight is 469 g/mol. The lowest BCUT2D eigenvalue weighted by molar-refractivity contribution is -0.136. The molecular formula is C28H28N4O3. The Kier molecular flexibility index (Phi) is 6.48. The number of aromatic nitrogens is 2. The van der Waals surface area contributed by atoms with Gasteiger partial charge in [0.1, 0.15) is 17.6 Å². The number of fused-ring (bicyclic) bond motifs is 1. The summed E-state index contributed by atoms with van der Waals surface area (Å²) in [5.74, 6) is 1.35. The van der Waals surface area contributed by atoms with Crippen LogP contribution in [0.4, 0.5) is 5.69 Å². The van der Waals surface area contributed by atoms with Gasteiger partial charge in [0.05, 0.1) is 18.1 Å². The fraction of sp³-hybridized carbons (Fsp3) is 0.250. The number of anilines is 1. The summed E-state index contributed by atoms with van der Waals surface area (Å²) in [6.45, 7) is 0.592. The van der Waals surface area contributed by atoms with Crippen LogP contribution in [0.5, 0.6) is 5.75 Å². The summed E-state index contributed by atoms with van der Waals surface area (Å²) < 4.78 is 5.35. The zero-order valence-electron chi connectivity index (χ0n) is 19.7. The third-order valence-corrected chi connectivity index (χ3v) is 6.46. The molecule has 7 heteroatoms. The molecule has 3 aromatic carbocycles. The van der Waals surface area contributed by atoms with E-state index in [1.807, 2.05) is 72.8 Å². The molecule has 0 saturated carbocycles. The Morgan fingerprint density at radius 1 is 1.09 bits per heavy atom. The number of rotatable bonds is 7. The summed E-state index contributed by atoms with van der Waals surface area (Å²) in [6, 6.07) is 22.8. The number of aromatic amines is 1. The van der Waals surface area contributed by atoms with E-state index >= 15 is 0 Å². The van der Waals surface area contributed by atoms with Crippen molar-refractivity contribution in [3.63, 3.8) is 0 Å². The summed E-state index contributed by atoms with van der Waals surface area (Å²) in [6.07, 6.45) is 2.29. The largest absolute Gasteiger partial charge is 0.497 e. The van der Waals surface area contributed by atoms with E-state index in [-0.39, 0.29) is 11.8 Å². The van der Waals surface area contributed by atoms with Gasteiger partial charge in [-0.3, -0.25) is 9.59 Å². The van der Waals surface area contributed by atoms with Crippen molar-refractivity contribution >= 4 is 28.5 Å². The number of methoxy groups -OCH3 is 1. The molecule has 0 radical (unpaired) electrons. The number of carbonyl (C=O) groups excluding carboxylic acids is 2. The Bertz CT molecular complexity index is 1330. The van der Waals surface area contributed by atoms with Gasteiger partial charge in [0.15, 0.2) is 0 Å². The number of para-hydroxylation sites is 3. The van der Waals surface area contributed by atoms with Gasteiger partial charge in [0, 0.05) is 30.6 Å². The van der Waals surface area contributed by atoms with Crippen molar-refractivity contribution in [2.24, 2.45) is 0 Å². The summed E-state index contributed by atoms with van der Waals surface area (Å²) >= 11 is 0. The molecule has 2 amide bonds. The van der Waals surface area contributed by atoms with Crippen LogP contribution >= 0.6 is 0 Å². The standard InChI is InChI=1S/C28H28N4O3/c1-35-20-9-6-8-19(18-20)21-10-2-3-11-22(21)31-28(34)25-14-7-17-32(25)27(33)16-15-26-29-23-12-4-5-13-24(23)30-26/h2-6,8-13,18,25H,7,14-17H2,1H3,(H,29,30)(H,31,34)/t25-/m0/s1. The van der Waals surface area contributed by atoms with E-state index < -0.39 is 6.04 Å². The normalized spacial score (nSPS) is 15.3. The van der Waals surface area contributed by atoms with Gasteiger partial charge >= 0.3 is 0 Å². The Labute approximate surface area is 204 Å². The van der Waals surface area contributed by atoms with Crippen molar-refractivity contribution < 1.29 is 14.3 Å². The summed E-state index contributed by atoms with van der Waals surface area (Å²) in [7, 11) is 1.63. The quantitative estimate of drug-likeness (QED) is 0.408. The highest BCUT2D eigenvalue weighted by atomic mass is 16.5. The maximum absolute atomic E-state index is 13.3. The summed E-state index contributed by atoms with van der Waals surface area (Å²) in [5, 5.41) is 3.07. The van der Waals surface area contributed by atoms with Crippen LogP contribution in [0.1, 0.15) is 25.1 Å². The number of nitrogens with one attached hydrogen (secondary N) is 2. The fourth-order valence-corrected chi connectivity index (χ4v) is 4.68. The monoisotopic (exact) mass is 468 g/mol. The number of carbonyl (C=O) groups is 2. The van der Waals surface area contributed by atoms with Crippen LogP contribution in [-0.2, 0) is 16.0 Å². The minimum atomic E-state index is -0.475. The molecule has 1 aromatic heterocycles. The van der Waals surface area contributed by atoms with E-state index in [1.165, 1.54) is 0 Å². The molecule has 0 spiro atoms. The van der Waals surface area contributed by atoms with Crippen molar-refractivity contribution in [2.45, 2.75) is 31.7 Å². The first kappa shape index (κ1) is 22.7. The molecule has 178 valence electrons. The Morgan fingerprint density at radius 3 is 2.77 bits per heavy atom. The molecule has 0 unspecified atom stereocenters. The Morgan fingerprint density at radius 2 is 1.91 bits per heavy atom. The second kappa shape index (κ2) is 10.0. The lowest BCUT2D eigenvalue weighted by Gasteiger charge is -2.24. The molecule has 5 rings (SSSR count). The molecule has 2 heterocycles. The molecule has 2 N–H and O–H groups in total. The zero-order valence-corrected chi connectivity index (χ0v) is 19.7. The van der Waals surface area contributed by atoms with Gasteiger partial charge in [-0.05, 0) is 48.7 Å². The van der Waals surface area contributed by atoms with Gasteiger partial charge in [0.25, 0.3) is 0 Å². The van der Waals surface area contributed by atoms with Gasteiger partial charge in [-0.2, -0.15) is 0 Å². The highest BCUT2D eigenvalue weighted by molar-refractivity contribution is 6.00. The predicted octanol–water partition coefficient (Wildman–Crippen LogP) is 4.80. The van der Waals surface area contributed by atoms with Crippen LogP contribution in [-0.4, -0.2) is 46.4 Å². The predicted molar refractivity (Wildman–Crippen MR) is 136 cm³/mol. The third-order valence-electron chi connectivity index (χ3n) is 6.46. The maximum Gasteiger partial charge on any atom is 0.247 e. The van der Waals surface area contributed by atoms with Crippen LogP contribution in [0, 0.1) is 0 Å². The van der Waals surface area contributed by atoms with Crippen molar-refractivity contribution in [1.82, 2.24) is 14.9 Å². The minimum absolute atomic E-state index is 0.0239. The number of ether oxygens (including phenoxy) is 1.